The normalized spacial score (nSPS) is 11.1. The Kier molecular flexibility index (Phi) is 7.25. The summed E-state index contributed by atoms with van der Waals surface area (Å²) in [6.07, 6.45) is 0. The molecule has 3 aromatic rings. The van der Waals surface area contributed by atoms with Crippen LogP contribution < -0.4 is 15.4 Å². The van der Waals surface area contributed by atoms with Gasteiger partial charge in [-0.15, -0.1) is 0 Å². The summed E-state index contributed by atoms with van der Waals surface area (Å²) in [5.41, 5.74) is 2.95. The zero-order chi connectivity index (χ0) is 23.1. The summed E-state index contributed by atoms with van der Waals surface area (Å²) >= 11 is 0. The lowest BCUT2D eigenvalue weighted by Crippen LogP contribution is -2.36. The minimum Gasteiger partial charge on any atom is -0.484 e. The van der Waals surface area contributed by atoms with Gasteiger partial charge >= 0.3 is 11.8 Å². The first-order chi connectivity index (χ1) is 15.2. The van der Waals surface area contributed by atoms with Crippen LogP contribution in [0.3, 0.4) is 0 Å². The van der Waals surface area contributed by atoms with Crippen molar-refractivity contribution in [2.75, 3.05) is 19.7 Å². The predicted molar refractivity (Wildman–Crippen MR) is 120 cm³/mol. The van der Waals surface area contributed by atoms with Gasteiger partial charge in [0.1, 0.15) is 5.75 Å². The van der Waals surface area contributed by atoms with E-state index in [1.54, 1.807) is 6.07 Å². The van der Waals surface area contributed by atoms with Crippen LogP contribution in [0.4, 0.5) is 0 Å². The fraction of sp³-hybridized carbons (Fsp3) is 0.333. The number of nitrogens with one attached hydrogen (secondary N) is 2. The number of benzene rings is 2. The molecule has 168 valence electrons. The van der Waals surface area contributed by atoms with Crippen molar-refractivity contribution < 1.29 is 18.8 Å². The van der Waals surface area contributed by atoms with Crippen LogP contribution in [0.1, 0.15) is 42.6 Å². The van der Waals surface area contributed by atoms with Crippen molar-refractivity contribution in [2.24, 2.45) is 0 Å². The fourth-order valence-corrected chi connectivity index (χ4v) is 2.92. The Labute approximate surface area is 187 Å². The van der Waals surface area contributed by atoms with E-state index in [0.717, 1.165) is 11.1 Å². The fourth-order valence-electron chi connectivity index (χ4n) is 2.92. The summed E-state index contributed by atoms with van der Waals surface area (Å²) in [4.78, 5) is 28.3. The van der Waals surface area contributed by atoms with Crippen LogP contribution in [0, 0.1) is 6.92 Å². The summed E-state index contributed by atoms with van der Waals surface area (Å²) < 4.78 is 10.6. The minimum atomic E-state index is -0.500. The number of aromatic nitrogens is 2. The first-order valence-corrected chi connectivity index (χ1v) is 10.4. The molecule has 2 N–H and O–H groups in total. The topological polar surface area (TPSA) is 106 Å². The van der Waals surface area contributed by atoms with Gasteiger partial charge in [-0.1, -0.05) is 68.4 Å². The van der Waals surface area contributed by atoms with E-state index in [1.165, 1.54) is 5.56 Å². The molecular weight excluding hydrogens is 408 g/mol. The van der Waals surface area contributed by atoms with Gasteiger partial charge < -0.3 is 19.9 Å². The molecule has 1 aromatic heterocycles. The molecule has 0 saturated heterocycles. The van der Waals surface area contributed by atoms with Crippen molar-refractivity contribution in [3.05, 3.63) is 65.5 Å². The monoisotopic (exact) mass is 436 g/mol. The standard InChI is InChI=1S/C24H28N4O4/c1-16-7-5-6-8-19(16)31-15-20(29)25-13-14-26-22(30)23-27-21(28-32-23)17-9-11-18(12-10-17)24(2,3)4/h5-12H,13-15H2,1-4H3,(H,25,29)(H,26,30). The van der Waals surface area contributed by atoms with E-state index in [2.05, 4.69) is 41.5 Å². The molecule has 8 heteroatoms. The number of carbonyl (C=O) groups is 2. The molecule has 0 spiro atoms. The molecule has 0 aliphatic rings. The number of hydrogen-bond donors (Lipinski definition) is 2. The van der Waals surface area contributed by atoms with E-state index >= 15 is 0 Å². The summed E-state index contributed by atoms with van der Waals surface area (Å²) in [5, 5.41) is 9.21. The largest absolute Gasteiger partial charge is 0.484 e. The molecular formula is C24H28N4O4. The number of carbonyl (C=O) groups excluding carboxylic acids is 2. The summed E-state index contributed by atoms with van der Waals surface area (Å²) in [6.45, 7) is 8.69. The van der Waals surface area contributed by atoms with Crippen molar-refractivity contribution in [3.63, 3.8) is 0 Å². The highest BCUT2D eigenvalue weighted by Gasteiger charge is 2.17. The Morgan fingerprint density at radius 3 is 2.38 bits per heavy atom. The Morgan fingerprint density at radius 1 is 1.00 bits per heavy atom. The number of ether oxygens (including phenoxy) is 1. The average molecular weight is 437 g/mol. The SMILES string of the molecule is Cc1ccccc1OCC(=O)NCCNC(=O)c1nc(-c2ccc(C(C)(C)C)cc2)no1. The Bertz CT molecular complexity index is 1070. The highest BCUT2D eigenvalue weighted by molar-refractivity contribution is 5.89. The van der Waals surface area contributed by atoms with Crippen LogP contribution in [0.25, 0.3) is 11.4 Å². The Balaban J connectivity index is 1.42. The van der Waals surface area contributed by atoms with Crippen molar-refractivity contribution >= 4 is 11.8 Å². The zero-order valence-corrected chi connectivity index (χ0v) is 18.8. The van der Waals surface area contributed by atoms with Gasteiger partial charge in [0.2, 0.25) is 5.82 Å². The molecule has 8 nitrogen and oxygen atoms in total. The van der Waals surface area contributed by atoms with Crippen molar-refractivity contribution in [3.8, 4) is 17.1 Å². The van der Waals surface area contributed by atoms with Gasteiger partial charge in [0.05, 0.1) is 0 Å². The predicted octanol–water partition coefficient (Wildman–Crippen LogP) is 3.27. The molecule has 3 rings (SSSR count). The molecule has 0 saturated carbocycles. The molecule has 0 bridgehead atoms. The molecule has 0 aliphatic carbocycles. The second kappa shape index (κ2) is 10.1. The van der Waals surface area contributed by atoms with Crippen LogP contribution >= 0.6 is 0 Å². The van der Waals surface area contributed by atoms with Crippen LogP contribution in [-0.4, -0.2) is 41.7 Å². The molecule has 0 aliphatic heterocycles. The smallest absolute Gasteiger partial charge is 0.316 e. The molecule has 2 aromatic carbocycles. The van der Waals surface area contributed by atoms with Gasteiger partial charge in [0.25, 0.3) is 5.91 Å². The summed E-state index contributed by atoms with van der Waals surface area (Å²) in [7, 11) is 0. The lowest BCUT2D eigenvalue weighted by molar-refractivity contribution is -0.123. The van der Waals surface area contributed by atoms with E-state index in [9.17, 15) is 9.59 Å². The van der Waals surface area contributed by atoms with Gasteiger partial charge in [-0.25, -0.2) is 0 Å². The van der Waals surface area contributed by atoms with E-state index < -0.39 is 5.91 Å². The van der Waals surface area contributed by atoms with Gasteiger partial charge in [0.15, 0.2) is 6.61 Å². The minimum absolute atomic E-state index is 0.0445. The lowest BCUT2D eigenvalue weighted by Gasteiger charge is -2.18. The average Bonchev–Trinajstić information content (AvgIpc) is 3.26. The molecule has 0 fully saturated rings. The number of aryl methyl sites for hydroxylation is 1. The van der Waals surface area contributed by atoms with Gasteiger partial charge in [-0.05, 0) is 29.5 Å². The highest BCUT2D eigenvalue weighted by atomic mass is 16.5. The molecule has 2 amide bonds. The van der Waals surface area contributed by atoms with Crippen LogP contribution in [0.15, 0.2) is 53.1 Å². The first-order valence-electron chi connectivity index (χ1n) is 10.4. The van der Waals surface area contributed by atoms with Crippen LogP contribution in [0.2, 0.25) is 0 Å². The van der Waals surface area contributed by atoms with E-state index in [4.69, 9.17) is 9.26 Å². The summed E-state index contributed by atoms with van der Waals surface area (Å²) in [6, 6.07) is 15.3. The molecule has 1 heterocycles. The maximum absolute atomic E-state index is 12.2. The van der Waals surface area contributed by atoms with Crippen LogP contribution in [-0.2, 0) is 10.2 Å². The second-order valence-electron chi connectivity index (χ2n) is 8.41. The van der Waals surface area contributed by atoms with E-state index in [1.807, 2.05) is 49.4 Å². The van der Waals surface area contributed by atoms with Crippen LogP contribution in [0.5, 0.6) is 5.75 Å². The maximum Gasteiger partial charge on any atom is 0.316 e. The number of rotatable bonds is 8. The van der Waals surface area contributed by atoms with Gasteiger partial charge in [-0.3, -0.25) is 9.59 Å². The molecule has 0 radical (unpaired) electrons. The third kappa shape index (κ3) is 6.16. The van der Waals surface area contributed by atoms with E-state index in [-0.39, 0.29) is 36.9 Å². The highest BCUT2D eigenvalue weighted by Crippen LogP contribution is 2.25. The third-order valence-corrected chi connectivity index (χ3v) is 4.81. The zero-order valence-electron chi connectivity index (χ0n) is 18.8. The molecule has 0 atom stereocenters. The quantitative estimate of drug-likeness (QED) is 0.525. The van der Waals surface area contributed by atoms with Gasteiger partial charge in [0, 0.05) is 18.7 Å². The second-order valence-corrected chi connectivity index (χ2v) is 8.41. The van der Waals surface area contributed by atoms with E-state index in [0.29, 0.717) is 11.6 Å². The number of para-hydroxylation sites is 1. The number of hydrogen-bond acceptors (Lipinski definition) is 6. The Morgan fingerprint density at radius 2 is 1.69 bits per heavy atom. The van der Waals surface area contributed by atoms with Gasteiger partial charge in [-0.2, -0.15) is 4.98 Å². The van der Waals surface area contributed by atoms with Crippen molar-refractivity contribution in [2.45, 2.75) is 33.1 Å². The maximum atomic E-state index is 12.2. The van der Waals surface area contributed by atoms with Crippen molar-refractivity contribution in [1.82, 2.24) is 20.8 Å². The number of amides is 2. The first kappa shape index (κ1) is 23.0. The lowest BCUT2D eigenvalue weighted by atomic mass is 9.87. The van der Waals surface area contributed by atoms with Crippen molar-refractivity contribution in [1.29, 1.82) is 0 Å². The summed E-state index contributed by atoms with van der Waals surface area (Å²) in [5.74, 6) is 0.101. The Hall–Kier alpha value is -3.68. The third-order valence-electron chi connectivity index (χ3n) is 4.81. The molecule has 0 unspecified atom stereocenters. The molecule has 32 heavy (non-hydrogen) atoms. The number of nitrogens with zero attached hydrogens (tertiary/aromatic N) is 2.